The van der Waals surface area contributed by atoms with Gasteiger partial charge < -0.3 is 54.2 Å². The summed E-state index contributed by atoms with van der Waals surface area (Å²) in [7, 11) is 0. The van der Waals surface area contributed by atoms with Crippen LogP contribution in [-0.2, 0) is 38.4 Å². The van der Waals surface area contributed by atoms with Crippen molar-refractivity contribution >= 4 is 59.1 Å². The first-order valence-electron chi connectivity index (χ1n) is 19.0. The molecule has 19 heteroatoms. The highest BCUT2D eigenvalue weighted by atomic mass is 32.2. The molecular weight excluding hydrogens is 735 g/mol. The number of nitrogens with two attached hydrogens (primary N) is 3. The predicted molar refractivity (Wildman–Crippen MR) is 211 cm³/mol. The van der Waals surface area contributed by atoms with Crippen molar-refractivity contribution in [3.8, 4) is 0 Å². The molecule has 316 valence electrons. The molecule has 9 atom stereocenters. The van der Waals surface area contributed by atoms with Crippen LogP contribution in [-0.4, -0.2) is 113 Å². The molecule has 0 aromatic heterocycles. The fourth-order valence-electron chi connectivity index (χ4n) is 5.20. The summed E-state index contributed by atoms with van der Waals surface area (Å²) >= 11 is 1.41. The summed E-state index contributed by atoms with van der Waals surface area (Å²) in [5, 5.41) is 25.0. The molecule has 0 fully saturated rings. The molecule has 0 aromatic carbocycles. The zero-order valence-electron chi connectivity index (χ0n) is 33.7. The molecule has 0 unspecified atom stereocenters. The summed E-state index contributed by atoms with van der Waals surface area (Å²) in [6, 6.07) is -7.97. The van der Waals surface area contributed by atoms with E-state index in [-0.39, 0.29) is 31.6 Å². The monoisotopic (exact) mass is 801 g/mol. The van der Waals surface area contributed by atoms with Gasteiger partial charge in [0.15, 0.2) is 0 Å². The van der Waals surface area contributed by atoms with E-state index in [4.69, 9.17) is 17.2 Å². The van der Waals surface area contributed by atoms with Crippen molar-refractivity contribution in [3.05, 3.63) is 0 Å². The molecule has 0 aliphatic carbocycles. The number of nitrogens with one attached hydrogen (secondary N) is 6. The fraction of sp³-hybridized carbons (Fsp3) is 0.778. The zero-order valence-corrected chi connectivity index (χ0v) is 34.5. The molecule has 0 saturated carbocycles. The number of amides is 7. The van der Waals surface area contributed by atoms with Gasteiger partial charge in [0, 0.05) is 6.42 Å². The molecule has 0 saturated heterocycles. The lowest BCUT2D eigenvalue weighted by molar-refractivity contribution is -0.142. The van der Waals surface area contributed by atoms with Crippen molar-refractivity contribution in [3.63, 3.8) is 0 Å². The van der Waals surface area contributed by atoms with E-state index < -0.39 is 101 Å². The first-order chi connectivity index (χ1) is 25.7. The number of carbonyl (C=O) groups excluding carboxylic acids is 7. The minimum Gasteiger partial charge on any atom is -0.480 e. The summed E-state index contributed by atoms with van der Waals surface area (Å²) in [6.45, 7) is 12.2. The summed E-state index contributed by atoms with van der Waals surface area (Å²) in [4.78, 5) is 104. The highest BCUT2D eigenvalue weighted by Gasteiger charge is 2.36. The van der Waals surface area contributed by atoms with Gasteiger partial charge in [-0.05, 0) is 75.3 Å². The van der Waals surface area contributed by atoms with Gasteiger partial charge in [0.2, 0.25) is 41.4 Å². The van der Waals surface area contributed by atoms with Gasteiger partial charge >= 0.3 is 5.97 Å². The maximum atomic E-state index is 13.8. The number of carbonyl (C=O) groups is 8. The first kappa shape index (κ1) is 51.0. The van der Waals surface area contributed by atoms with Crippen LogP contribution in [0.25, 0.3) is 0 Å². The van der Waals surface area contributed by atoms with Gasteiger partial charge in [-0.25, -0.2) is 0 Å². The summed E-state index contributed by atoms with van der Waals surface area (Å²) in [5.74, 6) is -6.79. The summed E-state index contributed by atoms with van der Waals surface area (Å²) in [6.07, 6.45) is 3.64. The fourth-order valence-corrected chi connectivity index (χ4v) is 5.67. The lowest BCUT2D eigenvalue weighted by Gasteiger charge is -2.30. The van der Waals surface area contributed by atoms with E-state index in [0.29, 0.717) is 38.0 Å². The quantitative estimate of drug-likeness (QED) is 0.0436. The molecular formula is C36H67N9O9S. The largest absolute Gasteiger partial charge is 0.480 e. The molecule has 7 amide bonds. The molecule has 0 spiro atoms. The number of hydrogen-bond acceptors (Lipinski definition) is 11. The van der Waals surface area contributed by atoms with Crippen molar-refractivity contribution in [1.29, 1.82) is 0 Å². The van der Waals surface area contributed by atoms with Crippen molar-refractivity contribution in [2.45, 2.75) is 142 Å². The van der Waals surface area contributed by atoms with Crippen LogP contribution < -0.4 is 49.1 Å². The number of carboxylic acids is 1. The Labute approximate surface area is 329 Å². The minimum atomic E-state index is -1.37. The number of primary amides is 1. The Kier molecular flexibility index (Phi) is 24.8. The standard InChI is InChI=1S/C36H67N9O9S/c1-9-20(5)28(34(51)40-22(7)36(53)54)45-35(52)29(21(6)10-2)44-32(49)24(14-15-26(38)46)41-31(48)25(16-18-55-8)42-30(47)23(13-11-12-17-37)43-33(50)27(39)19(3)4/h19-25,27-29H,9-18,37,39H2,1-8H3,(H2,38,46)(H,40,51)(H,41,48)(H,42,47)(H,43,50)(H,44,49)(H,45,52)(H,53,54)/t20-,21-,22+,23+,24+,25+,27+,28+,29+/m0/s1. The van der Waals surface area contributed by atoms with Gasteiger partial charge in [0.25, 0.3) is 0 Å². The van der Waals surface area contributed by atoms with Crippen LogP contribution in [0, 0.1) is 17.8 Å². The predicted octanol–water partition coefficient (Wildman–Crippen LogP) is -0.777. The summed E-state index contributed by atoms with van der Waals surface area (Å²) < 4.78 is 0. The van der Waals surface area contributed by atoms with E-state index >= 15 is 0 Å². The molecule has 0 aromatic rings. The lowest BCUT2D eigenvalue weighted by atomic mass is 9.94. The van der Waals surface area contributed by atoms with E-state index in [2.05, 4.69) is 31.9 Å². The van der Waals surface area contributed by atoms with Gasteiger partial charge in [-0.15, -0.1) is 0 Å². The Hall–Kier alpha value is -3.97. The van der Waals surface area contributed by atoms with Crippen molar-refractivity contribution in [1.82, 2.24) is 31.9 Å². The van der Waals surface area contributed by atoms with Crippen LogP contribution in [0.1, 0.15) is 99.8 Å². The second kappa shape index (κ2) is 26.8. The molecule has 0 bridgehead atoms. The van der Waals surface area contributed by atoms with Crippen LogP contribution in [0.2, 0.25) is 0 Å². The van der Waals surface area contributed by atoms with Crippen LogP contribution in [0.4, 0.5) is 0 Å². The van der Waals surface area contributed by atoms with E-state index in [1.807, 2.05) is 6.26 Å². The molecule has 55 heavy (non-hydrogen) atoms. The second-order valence-electron chi connectivity index (χ2n) is 14.3. The molecule has 0 aliphatic heterocycles. The van der Waals surface area contributed by atoms with Gasteiger partial charge in [0.05, 0.1) is 6.04 Å². The second-order valence-corrected chi connectivity index (χ2v) is 15.3. The highest BCUT2D eigenvalue weighted by molar-refractivity contribution is 7.98. The van der Waals surface area contributed by atoms with Gasteiger partial charge in [-0.3, -0.25) is 38.4 Å². The van der Waals surface area contributed by atoms with Crippen molar-refractivity contribution < 1.29 is 43.5 Å². The van der Waals surface area contributed by atoms with E-state index in [1.54, 1.807) is 41.5 Å². The number of hydrogen-bond donors (Lipinski definition) is 10. The number of aliphatic carboxylic acids is 1. The Morgan fingerprint density at radius 3 is 1.49 bits per heavy atom. The zero-order chi connectivity index (χ0) is 42.4. The number of unbranched alkanes of at least 4 members (excludes halogenated alkanes) is 1. The third-order valence-corrected chi connectivity index (χ3v) is 10.1. The van der Waals surface area contributed by atoms with Crippen LogP contribution in [0.5, 0.6) is 0 Å². The van der Waals surface area contributed by atoms with Crippen LogP contribution in [0.3, 0.4) is 0 Å². The number of thioether (sulfide) groups is 1. The molecule has 0 aliphatic rings. The SMILES string of the molecule is CC[C@H](C)[C@@H](NC(=O)[C@@H](CCC(N)=O)NC(=O)[C@@H](CCSC)NC(=O)[C@@H](CCCCN)NC(=O)[C@H](N)C(C)C)C(=O)N[C@@H](C(=O)N[C@H](C)C(=O)O)[C@@H](C)CC. The highest BCUT2D eigenvalue weighted by Crippen LogP contribution is 2.14. The summed E-state index contributed by atoms with van der Waals surface area (Å²) in [5.41, 5.74) is 17.0. The molecule has 0 rings (SSSR count). The minimum absolute atomic E-state index is 0.148. The third kappa shape index (κ3) is 19.0. The normalized spacial score (nSPS) is 16.1. The lowest BCUT2D eigenvalue weighted by Crippen LogP contribution is -2.61. The van der Waals surface area contributed by atoms with Crippen LogP contribution in [0.15, 0.2) is 0 Å². The van der Waals surface area contributed by atoms with Gasteiger partial charge in [0.1, 0.15) is 36.3 Å². The number of carboxylic acid groups (broad SMARTS) is 1. The first-order valence-corrected chi connectivity index (χ1v) is 20.4. The van der Waals surface area contributed by atoms with E-state index in [1.165, 1.54) is 18.7 Å². The Morgan fingerprint density at radius 1 is 0.618 bits per heavy atom. The van der Waals surface area contributed by atoms with Crippen molar-refractivity contribution in [2.24, 2.45) is 35.0 Å². The van der Waals surface area contributed by atoms with E-state index in [0.717, 1.165) is 0 Å². The molecule has 18 nitrogen and oxygen atoms in total. The topological polar surface area (TPSA) is 307 Å². The van der Waals surface area contributed by atoms with Gasteiger partial charge in [-0.1, -0.05) is 54.4 Å². The van der Waals surface area contributed by atoms with E-state index in [9.17, 15) is 43.5 Å². The Bertz CT molecular complexity index is 1290. The third-order valence-electron chi connectivity index (χ3n) is 9.47. The maximum Gasteiger partial charge on any atom is 0.325 e. The van der Waals surface area contributed by atoms with Crippen LogP contribution >= 0.6 is 11.8 Å². The maximum absolute atomic E-state index is 13.8. The number of rotatable bonds is 28. The molecule has 0 radical (unpaired) electrons. The molecule has 13 N–H and O–H groups in total. The van der Waals surface area contributed by atoms with Crippen molar-refractivity contribution in [2.75, 3.05) is 18.6 Å². The average molecular weight is 802 g/mol. The average Bonchev–Trinajstić information content (AvgIpc) is 3.13. The van der Waals surface area contributed by atoms with Gasteiger partial charge in [-0.2, -0.15) is 11.8 Å². The molecule has 0 heterocycles. The Balaban J connectivity index is 6.40. The smallest absolute Gasteiger partial charge is 0.325 e. The Morgan fingerprint density at radius 2 is 1.05 bits per heavy atom.